The monoisotopic (exact) mass is 279 g/mol. The molecule has 1 aromatic rings. The Kier molecular flexibility index (Phi) is 4.73. The van der Waals surface area contributed by atoms with Crippen molar-refractivity contribution in [2.45, 2.75) is 6.42 Å². The second kappa shape index (κ2) is 6.51. The summed E-state index contributed by atoms with van der Waals surface area (Å²) in [5, 5.41) is 9.76. The van der Waals surface area contributed by atoms with Crippen molar-refractivity contribution in [2.24, 2.45) is 13.0 Å². The van der Waals surface area contributed by atoms with Crippen molar-refractivity contribution in [3.05, 3.63) is 22.6 Å². The van der Waals surface area contributed by atoms with Crippen molar-refractivity contribution in [3.63, 3.8) is 0 Å². The Morgan fingerprint density at radius 2 is 2.35 bits per heavy atom. The Morgan fingerprint density at radius 1 is 1.55 bits per heavy atom. The molecule has 20 heavy (non-hydrogen) atoms. The Morgan fingerprint density at radius 3 is 3.05 bits per heavy atom. The normalized spacial score (nSPS) is 18.3. The summed E-state index contributed by atoms with van der Waals surface area (Å²) in [5.74, 6) is 0.432. The first-order valence-corrected chi connectivity index (χ1v) is 6.79. The number of aromatic nitrogens is 2. The third-order valence-corrected chi connectivity index (χ3v) is 3.53. The van der Waals surface area contributed by atoms with Crippen molar-refractivity contribution in [1.82, 2.24) is 20.4 Å². The number of nitrogens with zero attached hydrogens (tertiary/aromatic N) is 3. The second-order valence-electron chi connectivity index (χ2n) is 5.11. The van der Waals surface area contributed by atoms with Gasteiger partial charge in [-0.2, -0.15) is 5.10 Å². The molecule has 0 radical (unpaired) electrons. The van der Waals surface area contributed by atoms with E-state index in [4.69, 9.17) is 0 Å². The first-order valence-electron chi connectivity index (χ1n) is 6.79. The molecule has 1 amide bonds. The summed E-state index contributed by atoms with van der Waals surface area (Å²) in [5.41, 5.74) is 0.755. The molecule has 110 valence electrons. The summed E-state index contributed by atoms with van der Waals surface area (Å²) < 4.78 is 1.31. The van der Waals surface area contributed by atoms with Gasteiger partial charge in [-0.1, -0.05) is 0 Å². The van der Waals surface area contributed by atoms with E-state index >= 15 is 0 Å². The van der Waals surface area contributed by atoms with Crippen LogP contribution < -0.4 is 21.1 Å². The molecule has 2 N–H and O–H groups in total. The molecule has 0 saturated carbocycles. The molecule has 1 aliphatic rings. The van der Waals surface area contributed by atoms with E-state index in [1.165, 1.54) is 4.68 Å². The lowest BCUT2D eigenvalue weighted by molar-refractivity contribution is -0.120. The highest BCUT2D eigenvalue weighted by atomic mass is 16.2. The molecule has 0 aromatic carbocycles. The summed E-state index contributed by atoms with van der Waals surface area (Å²) in [6, 6.07) is 1.61. The van der Waals surface area contributed by atoms with E-state index in [9.17, 15) is 9.59 Å². The van der Waals surface area contributed by atoms with Gasteiger partial charge in [0.25, 0.3) is 5.56 Å². The molecule has 0 aliphatic carbocycles. The number of rotatable bonds is 5. The number of likely N-dealkylation sites (N-methyl/N-ethyl adjacent to an activating group) is 1. The van der Waals surface area contributed by atoms with Gasteiger partial charge in [0.1, 0.15) is 0 Å². The molecule has 0 spiro atoms. The maximum absolute atomic E-state index is 11.6. The zero-order chi connectivity index (χ0) is 14.5. The van der Waals surface area contributed by atoms with E-state index in [0.717, 1.165) is 25.2 Å². The molecule has 1 atom stereocenters. The van der Waals surface area contributed by atoms with Gasteiger partial charge in [0.15, 0.2) is 0 Å². The lowest BCUT2D eigenvalue weighted by atomic mass is 10.1. The van der Waals surface area contributed by atoms with E-state index in [-0.39, 0.29) is 11.5 Å². The minimum atomic E-state index is -0.103. The number of nitrogens with one attached hydrogen (secondary N) is 2. The number of aryl methyl sites for hydroxylation is 1. The van der Waals surface area contributed by atoms with Gasteiger partial charge in [0, 0.05) is 32.7 Å². The predicted molar refractivity (Wildman–Crippen MR) is 76.7 cm³/mol. The number of anilines is 1. The number of amides is 1. The third-order valence-electron chi connectivity index (χ3n) is 3.53. The average Bonchev–Trinajstić information content (AvgIpc) is 2.89. The lowest BCUT2D eigenvalue weighted by Gasteiger charge is -2.18. The zero-order valence-corrected chi connectivity index (χ0v) is 11.9. The highest BCUT2D eigenvalue weighted by molar-refractivity contribution is 5.77. The van der Waals surface area contributed by atoms with Gasteiger partial charge in [-0.25, -0.2) is 4.68 Å². The molecule has 0 bridgehead atoms. The van der Waals surface area contributed by atoms with Crippen LogP contribution in [0.4, 0.5) is 5.69 Å². The molecule has 7 nitrogen and oxygen atoms in total. The topological polar surface area (TPSA) is 79.3 Å². The molecule has 1 aliphatic heterocycles. The fraction of sp³-hybridized carbons (Fsp3) is 0.615. The van der Waals surface area contributed by atoms with Crippen LogP contribution in [0.15, 0.2) is 17.1 Å². The van der Waals surface area contributed by atoms with Crippen LogP contribution in [0.3, 0.4) is 0 Å². The van der Waals surface area contributed by atoms with E-state index < -0.39 is 0 Å². The molecule has 1 saturated heterocycles. The van der Waals surface area contributed by atoms with Gasteiger partial charge >= 0.3 is 0 Å². The number of hydrogen-bond acceptors (Lipinski definition) is 5. The molecule has 1 aromatic heterocycles. The van der Waals surface area contributed by atoms with E-state index in [1.807, 2.05) is 0 Å². The molecule has 0 unspecified atom stereocenters. The first kappa shape index (κ1) is 14.5. The zero-order valence-electron chi connectivity index (χ0n) is 11.9. The Hall–Kier alpha value is -1.89. The molecular weight excluding hydrogens is 258 g/mol. The Bertz CT molecular complexity index is 528. The molecule has 7 heteroatoms. The van der Waals surface area contributed by atoms with Crippen LogP contribution in [0.25, 0.3) is 0 Å². The van der Waals surface area contributed by atoms with Crippen molar-refractivity contribution >= 4 is 11.6 Å². The summed E-state index contributed by atoms with van der Waals surface area (Å²) in [6.45, 7) is 2.75. The average molecular weight is 279 g/mol. The van der Waals surface area contributed by atoms with Crippen LogP contribution in [-0.2, 0) is 11.8 Å². The Balaban J connectivity index is 1.87. The third kappa shape index (κ3) is 3.57. The SMILES string of the molecule is CNCC(=O)NC[C@H]1CCN(c2cnn(C)c(=O)c2)C1. The smallest absolute Gasteiger partial charge is 0.268 e. The summed E-state index contributed by atoms with van der Waals surface area (Å²) >= 11 is 0. The van der Waals surface area contributed by atoms with Gasteiger partial charge in [0.2, 0.25) is 5.91 Å². The summed E-state index contributed by atoms with van der Waals surface area (Å²) in [6.07, 6.45) is 2.72. The van der Waals surface area contributed by atoms with Gasteiger partial charge in [-0.3, -0.25) is 9.59 Å². The standard InChI is InChI=1S/C13H21N5O2/c1-14-8-12(19)15-6-10-3-4-18(9-10)11-5-13(20)17(2)16-7-11/h5,7,10,14H,3-4,6,8-9H2,1-2H3,(H,15,19)/t10-/m1/s1. The maximum atomic E-state index is 11.6. The minimum absolute atomic E-state index is 0.0150. The first-order chi connectivity index (χ1) is 9.60. The van der Waals surface area contributed by atoms with E-state index in [0.29, 0.717) is 19.0 Å². The van der Waals surface area contributed by atoms with Crippen molar-refractivity contribution < 1.29 is 4.79 Å². The number of hydrogen-bond donors (Lipinski definition) is 2. The van der Waals surface area contributed by atoms with E-state index in [2.05, 4.69) is 20.6 Å². The number of carbonyl (C=O) groups is 1. The van der Waals surface area contributed by atoms with Gasteiger partial charge in [0.05, 0.1) is 18.4 Å². The van der Waals surface area contributed by atoms with Gasteiger partial charge in [-0.15, -0.1) is 0 Å². The van der Waals surface area contributed by atoms with Gasteiger partial charge in [-0.05, 0) is 19.4 Å². The summed E-state index contributed by atoms with van der Waals surface area (Å²) in [7, 11) is 3.38. The van der Waals surface area contributed by atoms with Crippen LogP contribution in [0.2, 0.25) is 0 Å². The van der Waals surface area contributed by atoms with Crippen molar-refractivity contribution in [2.75, 3.05) is 38.1 Å². The molecule has 1 fully saturated rings. The summed E-state index contributed by atoms with van der Waals surface area (Å²) in [4.78, 5) is 25.1. The predicted octanol–water partition coefficient (Wildman–Crippen LogP) is -1.06. The Labute approximate surface area is 118 Å². The second-order valence-corrected chi connectivity index (χ2v) is 5.11. The highest BCUT2D eigenvalue weighted by Gasteiger charge is 2.23. The maximum Gasteiger partial charge on any atom is 0.268 e. The van der Waals surface area contributed by atoms with Crippen molar-refractivity contribution in [3.8, 4) is 0 Å². The fourth-order valence-electron chi connectivity index (χ4n) is 2.35. The molecule has 2 rings (SSSR count). The largest absolute Gasteiger partial charge is 0.370 e. The quantitative estimate of drug-likeness (QED) is 0.718. The molecular formula is C13H21N5O2. The van der Waals surface area contributed by atoms with Crippen molar-refractivity contribution in [1.29, 1.82) is 0 Å². The lowest BCUT2D eigenvalue weighted by Crippen LogP contribution is -2.36. The highest BCUT2D eigenvalue weighted by Crippen LogP contribution is 2.21. The van der Waals surface area contributed by atoms with E-state index in [1.54, 1.807) is 26.4 Å². The van der Waals surface area contributed by atoms with Crippen LogP contribution in [0.1, 0.15) is 6.42 Å². The van der Waals surface area contributed by atoms with Crippen LogP contribution in [0, 0.1) is 5.92 Å². The van der Waals surface area contributed by atoms with Crippen LogP contribution >= 0.6 is 0 Å². The fourth-order valence-corrected chi connectivity index (χ4v) is 2.35. The van der Waals surface area contributed by atoms with Crippen LogP contribution in [0.5, 0.6) is 0 Å². The van der Waals surface area contributed by atoms with Crippen LogP contribution in [-0.4, -0.2) is 48.9 Å². The van der Waals surface area contributed by atoms with Gasteiger partial charge < -0.3 is 15.5 Å². The number of carbonyl (C=O) groups excluding carboxylic acids is 1. The molecule has 2 heterocycles. The minimum Gasteiger partial charge on any atom is -0.370 e.